The molecular formula is C23H21ClFN3O3S. The molecule has 0 bridgehead atoms. The number of halogens is 2. The van der Waals surface area contributed by atoms with Crippen molar-refractivity contribution in [2.75, 3.05) is 6.54 Å². The number of carbonyl (C=O) groups excluding carboxylic acids is 1. The van der Waals surface area contributed by atoms with E-state index in [2.05, 4.69) is 10.5 Å². The van der Waals surface area contributed by atoms with E-state index in [0.717, 1.165) is 15.4 Å². The molecule has 0 heterocycles. The summed E-state index contributed by atoms with van der Waals surface area (Å²) in [6.45, 7) is 1.05. The van der Waals surface area contributed by atoms with Crippen LogP contribution in [-0.4, -0.2) is 31.4 Å². The summed E-state index contributed by atoms with van der Waals surface area (Å²) in [5.41, 5.74) is 4.28. The molecule has 0 spiro atoms. The van der Waals surface area contributed by atoms with Gasteiger partial charge in [0.1, 0.15) is 5.82 Å². The van der Waals surface area contributed by atoms with Gasteiger partial charge in [0.25, 0.3) is 5.91 Å². The van der Waals surface area contributed by atoms with E-state index in [-0.39, 0.29) is 17.0 Å². The van der Waals surface area contributed by atoms with E-state index in [4.69, 9.17) is 11.6 Å². The maximum absolute atomic E-state index is 14.2. The number of benzene rings is 3. The highest BCUT2D eigenvalue weighted by Crippen LogP contribution is 2.21. The second-order valence-corrected chi connectivity index (χ2v) is 9.40. The van der Waals surface area contributed by atoms with Gasteiger partial charge < -0.3 is 0 Å². The van der Waals surface area contributed by atoms with Gasteiger partial charge in [-0.05, 0) is 42.8 Å². The fourth-order valence-electron chi connectivity index (χ4n) is 2.92. The SMILES string of the molecule is Cc1cccc(C=NNC(=O)CN(Cc2ccccc2F)S(=O)(=O)c2ccc(Cl)cc2)c1. The Hall–Kier alpha value is -3.07. The fourth-order valence-corrected chi connectivity index (χ4v) is 4.42. The van der Waals surface area contributed by atoms with Crippen LogP contribution >= 0.6 is 11.6 Å². The zero-order chi connectivity index (χ0) is 23.1. The molecule has 32 heavy (non-hydrogen) atoms. The lowest BCUT2D eigenvalue weighted by molar-refractivity contribution is -0.121. The summed E-state index contributed by atoms with van der Waals surface area (Å²) < 4.78 is 41.4. The first-order chi connectivity index (χ1) is 15.3. The third-order valence-corrected chi connectivity index (χ3v) is 6.58. The number of sulfonamides is 1. The highest BCUT2D eigenvalue weighted by Gasteiger charge is 2.27. The Bertz CT molecular complexity index is 1230. The predicted octanol–water partition coefficient (Wildman–Crippen LogP) is 4.13. The summed E-state index contributed by atoms with van der Waals surface area (Å²) >= 11 is 5.86. The summed E-state index contributed by atoms with van der Waals surface area (Å²) in [6.07, 6.45) is 1.46. The Labute approximate surface area is 191 Å². The van der Waals surface area contributed by atoms with Gasteiger partial charge in [0, 0.05) is 17.1 Å². The number of nitrogens with one attached hydrogen (secondary N) is 1. The normalized spacial score (nSPS) is 11.8. The molecule has 6 nitrogen and oxygen atoms in total. The number of hydrazone groups is 1. The van der Waals surface area contributed by atoms with Gasteiger partial charge in [-0.3, -0.25) is 4.79 Å². The van der Waals surface area contributed by atoms with E-state index < -0.39 is 28.3 Å². The molecule has 3 aromatic rings. The van der Waals surface area contributed by atoms with E-state index in [0.29, 0.717) is 5.02 Å². The molecule has 0 aliphatic heterocycles. The number of hydrogen-bond donors (Lipinski definition) is 1. The van der Waals surface area contributed by atoms with Crippen molar-refractivity contribution in [2.24, 2.45) is 5.10 Å². The summed E-state index contributed by atoms with van der Waals surface area (Å²) in [7, 11) is -4.12. The monoisotopic (exact) mass is 473 g/mol. The van der Waals surface area contributed by atoms with E-state index in [1.807, 2.05) is 31.2 Å². The topological polar surface area (TPSA) is 78.8 Å². The first-order valence-electron chi connectivity index (χ1n) is 9.63. The number of nitrogens with zero attached hydrogens (tertiary/aromatic N) is 2. The van der Waals surface area contributed by atoms with Crippen molar-refractivity contribution in [2.45, 2.75) is 18.4 Å². The van der Waals surface area contributed by atoms with Gasteiger partial charge in [0.05, 0.1) is 17.7 Å². The van der Waals surface area contributed by atoms with Crippen LogP contribution in [0.15, 0.2) is 82.8 Å². The molecular weight excluding hydrogens is 453 g/mol. The van der Waals surface area contributed by atoms with Crippen LogP contribution in [0.1, 0.15) is 16.7 Å². The van der Waals surface area contributed by atoms with E-state index in [1.165, 1.54) is 48.7 Å². The summed E-state index contributed by atoms with van der Waals surface area (Å²) in [5.74, 6) is -1.23. The van der Waals surface area contributed by atoms with Crippen LogP contribution in [-0.2, 0) is 21.4 Å². The van der Waals surface area contributed by atoms with E-state index in [1.54, 1.807) is 6.07 Å². The molecule has 0 fully saturated rings. The van der Waals surface area contributed by atoms with Crippen LogP contribution in [0.25, 0.3) is 0 Å². The third-order valence-electron chi connectivity index (χ3n) is 4.52. The smallest absolute Gasteiger partial charge is 0.255 e. The maximum atomic E-state index is 14.2. The zero-order valence-electron chi connectivity index (χ0n) is 17.2. The van der Waals surface area contributed by atoms with Crippen LogP contribution in [0, 0.1) is 12.7 Å². The second-order valence-electron chi connectivity index (χ2n) is 7.03. The molecule has 3 aromatic carbocycles. The number of aryl methyl sites for hydroxylation is 1. The highest BCUT2D eigenvalue weighted by molar-refractivity contribution is 7.89. The van der Waals surface area contributed by atoms with Crippen molar-refractivity contribution in [3.8, 4) is 0 Å². The van der Waals surface area contributed by atoms with Crippen LogP contribution in [0.4, 0.5) is 4.39 Å². The molecule has 1 N–H and O–H groups in total. The first-order valence-corrected chi connectivity index (χ1v) is 11.5. The van der Waals surface area contributed by atoms with Crippen molar-refractivity contribution in [1.29, 1.82) is 0 Å². The van der Waals surface area contributed by atoms with Crippen LogP contribution in [0.3, 0.4) is 0 Å². The lowest BCUT2D eigenvalue weighted by Gasteiger charge is -2.21. The Kier molecular flexibility index (Phi) is 7.74. The number of rotatable bonds is 8. The van der Waals surface area contributed by atoms with Crippen molar-refractivity contribution >= 4 is 33.7 Å². The second kappa shape index (κ2) is 10.5. The largest absolute Gasteiger partial charge is 0.272 e. The molecule has 0 saturated carbocycles. The van der Waals surface area contributed by atoms with E-state index in [9.17, 15) is 17.6 Å². The number of carbonyl (C=O) groups is 1. The predicted molar refractivity (Wildman–Crippen MR) is 122 cm³/mol. The Balaban J connectivity index is 1.81. The van der Waals surface area contributed by atoms with Crippen molar-refractivity contribution in [3.05, 3.63) is 100 Å². The molecule has 166 valence electrons. The lowest BCUT2D eigenvalue weighted by Crippen LogP contribution is -2.39. The lowest BCUT2D eigenvalue weighted by atomic mass is 10.2. The Morgan fingerprint density at radius 3 is 2.50 bits per heavy atom. The quantitative estimate of drug-likeness (QED) is 0.394. The minimum atomic E-state index is -4.12. The maximum Gasteiger partial charge on any atom is 0.255 e. The summed E-state index contributed by atoms with van der Waals surface area (Å²) in [4.78, 5) is 12.4. The molecule has 0 saturated heterocycles. The number of hydrogen-bond acceptors (Lipinski definition) is 4. The molecule has 0 unspecified atom stereocenters. The average Bonchev–Trinajstić information content (AvgIpc) is 2.75. The molecule has 0 aliphatic rings. The van der Waals surface area contributed by atoms with Crippen LogP contribution in [0.2, 0.25) is 5.02 Å². The third kappa shape index (κ3) is 6.23. The van der Waals surface area contributed by atoms with Crippen molar-refractivity contribution in [1.82, 2.24) is 9.73 Å². The highest BCUT2D eigenvalue weighted by atomic mass is 35.5. The minimum absolute atomic E-state index is 0.0608. The van der Waals surface area contributed by atoms with Crippen LogP contribution < -0.4 is 5.43 Å². The molecule has 0 aromatic heterocycles. The first kappa shape index (κ1) is 23.6. The molecule has 9 heteroatoms. The molecule has 1 amide bonds. The van der Waals surface area contributed by atoms with Gasteiger partial charge in [-0.2, -0.15) is 9.41 Å². The van der Waals surface area contributed by atoms with Crippen LogP contribution in [0.5, 0.6) is 0 Å². The Morgan fingerprint density at radius 2 is 1.81 bits per heavy atom. The van der Waals surface area contributed by atoms with Gasteiger partial charge in [0.2, 0.25) is 10.0 Å². The van der Waals surface area contributed by atoms with Crippen molar-refractivity contribution in [3.63, 3.8) is 0 Å². The average molecular weight is 474 g/mol. The van der Waals surface area contributed by atoms with Gasteiger partial charge in [-0.1, -0.05) is 59.6 Å². The van der Waals surface area contributed by atoms with Gasteiger partial charge >= 0.3 is 0 Å². The standard InChI is InChI=1S/C23H21ClFN3O3S/c1-17-5-4-6-18(13-17)14-26-27-23(29)16-28(15-19-7-2-3-8-22(19)25)32(30,31)21-11-9-20(24)10-12-21/h2-14H,15-16H2,1H3,(H,27,29). The van der Waals surface area contributed by atoms with Gasteiger partial charge in [-0.25, -0.2) is 18.2 Å². The number of amides is 1. The summed E-state index contributed by atoms with van der Waals surface area (Å²) in [5, 5.41) is 4.26. The molecule has 3 rings (SSSR count). The van der Waals surface area contributed by atoms with Gasteiger partial charge in [0.15, 0.2) is 0 Å². The minimum Gasteiger partial charge on any atom is -0.272 e. The van der Waals surface area contributed by atoms with Crippen molar-refractivity contribution < 1.29 is 17.6 Å². The molecule has 0 radical (unpaired) electrons. The summed E-state index contributed by atoms with van der Waals surface area (Å²) in [6, 6.07) is 18.8. The molecule has 0 atom stereocenters. The molecule has 0 aliphatic carbocycles. The van der Waals surface area contributed by atoms with E-state index >= 15 is 0 Å². The fraction of sp³-hybridized carbons (Fsp3) is 0.130. The van der Waals surface area contributed by atoms with Gasteiger partial charge in [-0.15, -0.1) is 0 Å². The Morgan fingerprint density at radius 1 is 1.09 bits per heavy atom. The zero-order valence-corrected chi connectivity index (χ0v) is 18.8.